The lowest BCUT2D eigenvalue weighted by Gasteiger charge is -2.04. The Balaban J connectivity index is 3.41. The van der Waals surface area contributed by atoms with Gasteiger partial charge in [0.15, 0.2) is 0 Å². The highest BCUT2D eigenvalue weighted by molar-refractivity contribution is 5.94. The highest BCUT2D eigenvalue weighted by atomic mass is 16.1. The van der Waals surface area contributed by atoms with Crippen LogP contribution in [0, 0.1) is 25.2 Å². The molecule has 0 bridgehead atoms. The van der Waals surface area contributed by atoms with Gasteiger partial charge in [0.05, 0.1) is 11.6 Å². The number of nitriles is 1. The summed E-state index contributed by atoms with van der Waals surface area (Å²) >= 11 is 0. The van der Waals surface area contributed by atoms with E-state index in [2.05, 4.69) is 0 Å². The quantitative estimate of drug-likeness (QED) is 0.696. The number of carbonyl (C=O) groups is 1. The molecule has 0 unspecified atom stereocenters. The smallest absolute Gasteiger partial charge is 0.249 e. The van der Waals surface area contributed by atoms with Crippen molar-refractivity contribution in [3.8, 4) is 6.07 Å². The fourth-order valence-corrected chi connectivity index (χ4v) is 1.24. The summed E-state index contributed by atoms with van der Waals surface area (Å²) in [6.45, 7) is 3.63. The van der Waals surface area contributed by atoms with Gasteiger partial charge >= 0.3 is 0 Å². The largest absolute Gasteiger partial charge is 0.366 e. The minimum atomic E-state index is -0.492. The Morgan fingerprint density at radius 3 is 2.46 bits per heavy atom. The Bertz CT molecular complexity index is 402. The van der Waals surface area contributed by atoms with E-state index in [9.17, 15) is 4.79 Å². The highest BCUT2D eigenvalue weighted by Crippen LogP contribution is 2.14. The van der Waals surface area contributed by atoms with E-state index in [1.807, 2.05) is 13.0 Å². The van der Waals surface area contributed by atoms with E-state index in [0.29, 0.717) is 11.1 Å². The van der Waals surface area contributed by atoms with E-state index >= 15 is 0 Å². The standard InChI is InChI=1S/C10H10N2O/c1-6-3-7(2)9(10(12)13)4-8(6)5-11/h3-4H,1-2H3,(H2,12,13). The third-order valence-corrected chi connectivity index (χ3v) is 1.96. The Labute approximate surface area is 76.8 Å². The zero-order chi connectivity index (χ0) is 10.0. The molecule has 0 aromatic heterocycles. The number of nitrogens with zero attached hydrogens (tertiary/aromatic N) is 1. The first-order chi connectivity index (χ1) is 6.06. The van der Waals surface area contributed by atoms with Crippen molar-refractivity contribution >= 4 is 5.91 Å². The van der Waals surface area contributed by atoms with Gasteiger partial charge in [0.1, 0.15) is 0 Å². The second-order valence-corrected chi connectivity index (χ2v) is 2.96. The molecule has 0 spiro atoms. The molecule has 13 heavy (non-hydrogen) atoms. The Morgan fingerprint density at radius 1 is 1.38 bits per heavy atom. The number of rotatable bonds is 1. The van der Waals surface area contributed by atoms with Crippen LogP contribution in [0.15, 0.2) is 12.1 Å². The Morgan fingerprint density at radius 2 is 2.00 bits per heavy atom. The third kappa shape index (κ3) is 1.67. The number of hydrogen-bond donors (Lipinski definition) is 1. The number of hydrogen-bond acceptors (Lipinski definition) is 2. The van der Waals surface area contributed by atoms with Gasteiger partial charge in [-0.25, -0.2) is 0 Å². The van der Waals surface area contributed by atoms with Crippen LogP contribution < -0.4 is 5.73 Å². The number of aryl methyl sites for hydroxylation is 2. The molecule has 1 aromatic rings. The molecule has 0 saturated carbocycles. The Hall–Kier alpha value is -1.82. The van der Waals surface area contributed by atoms with Gasteiger partial charge in [-0.3, -0.25) is 4.79 Å². The first-order valence-corrected chi connectivity index (χ1v) is 3.87. The summed E-state index contributed by atoms with van der Waals surface area (Å²) in [6, 6.07) is 5.34. The predicted molar refractivity (Wildman–Crippen MR) is 49.1 cm³/mol. The minimum absolute atomic E-state index is 0.419. The lowest BCUT2D eigenvalue weighted by molar-refractivity contribution is 0.0999. The van der Waals surface area contributed by atoms with Crippen LogP contribution in [0.1, 0.15) is 27.0 Å². The van der Waals surface area contributed by atoms with Crippen molar-refractivity contribution in [1.82, 2.24) is 0 Å². The molecule has 0 atom stereocenters. The summed E-state index contributed by atoms with van der Waals surface area (Å²) in [5, 5.41) is 8.71. The predicted octanol–water partition coefficient (Wildman–Crippen LogP) is 1.27. The van der Waals surface area contributed by atoms with E-state index < -0.39 is 5.91 Å². The number of amides is 1. The first-order valence-electron chi connectivity index (χ1n) is 3.87. The summed E-state index contributed by atoms with van der Waals surface area (Å²) in [7, 11) is 0. The van der Waals surface area contributed by atoms with Gasteiger partial charge in [-0.1, -0.05) is 6.07 Å². The molecule has 66 valence electrons. The zero-order valence-corrected chi connectivity index (χ0v) is 7.59. The maximum Gasteiger partial charge on any atom is 0.249 e. The molecule has 0 heterocycles. The van der Waals surface area contributed by atoms with Crippen LogP contribution >= 0.6 is 0 Å². The number of benzene rings is 1. The molecular weight excluding hydrogens is 164 g/mol. The lowest BCUT2D eigenvalue weighted by Crippen LogP contribution is -2.13. The topological polar surface area (TPSA) is 66.9 Å². The van der Waals surface area contributed by atoms with Crippen LogP contribution in [0.25, 0.3) is 0 Å². The molecule has 2 N–H and O–H groups in total. The minimum Gasteiger partial charge on any atom is -0.366 e. The van der Waals surface area contributed by atoms with Crippen molar-refractivity contribution in [2.24, 2.45) is 5.73 Å². The van der Waals surface area contributed by atoms with E-state index in [1.165, 1.54) is 6.07 Å². The van der Waals surface area contributed by atoms with Gasteiger partial charge in [0.25, 0.3) is 0 Å². The summed E-state index contributed by atoms with van der Waals surface area (Å²) in [5.74, 6) is -0.492. The van der Waals surface area contributed by atoms with Gasteiger partial charge < -0.3 is 5.73 Å². The maximum atomic E-state index is 10.9. The average molecular weight is 174 g/mol. The summed E-state index contributed by atoms with van der Waals surface area (Å²) in [4.78, 5) is 10.9. The number of nitrogens with two attached hydrogens (primary N) is 1. The van der Waals surface area contributed by atoms with Gasteiger partial charge in [-0.2, -0.15) is 5.26 Å². The third-order valence-electron chi connectivity index (χ3n) is 1.96. The van der Waals surface area contributed by atoms with Crippen molar-refractivity contribution in [2.45, 2.75) is 13.8 Å². The van der Waals surface area contributed by atoms with Crippen molar-refractivity contribution < 1.29 is 4.79 Å². The molecule has 0 aliphatic carbocycles. The molecule has 1 amide bonds. The fraction of sp³-hybridized carbons (Fsp3) is 0.200. The van der Waals surface area contributed by atoms with E-state index in [-0.39, 0.29) is 0 Å². The maximum absolute atomic E-state index is 10.9. The lowest BCUT2D eigenvalue weighted by atomic mass is 10.0. The van der Waals surface area contributed by atoms with Crippen LogP contribution in [0.3, 0.4) is 0 Å². The SMILES string of the molecule is Cc1cc(C)c(C(N)=O)cc1C#N. The molecule has 0 aliphatic rings. The normalized spacial score (nSPS) is 9.31. The van der Waals surface area contributed by atoms with Crippen LogP contribution in [0.5, 0.6) is 0 Å². The van der Waals surface area contributed by atoms with Gasteiger partial charge in [0, 0.05) is 5.56 Å². The number of primary amides is 1. The molecule has 3 heteroatoms. The van der Waals surface area contributed by atoms with Crippen molar-refractivity contribution in [3.63, 3.8) is 0 Å². The molecule has 0 saturated heterocycles. The molecular formula is C10H10N2O. The van der Waals surface area contributed by atoms with Crippen molar-refractivity contribution in [1.29, 1.82) is 5.26 Å². The summed E-state index contributed by atoms with van der Waals surface area (Å²) in [6.07, 6.45) is 0. The number of carbonyl (C=O) groups excluding carboxylic acids is 1. The Kier molecular flexibility index (Phi) is 2.34. The highest BCUT2D eigenvalue weighted by Gasteiger charge is 2.07. The van der Waals surface area contributed by atoms with Gasteiger partial charge in [0.2, 0.25) is 5.91 Å². The zero-order valence-electron chi connectivity index (χ0n) is 7.59. The van der Waals surface area contributed by atoms with Gasteiger partial charge in [-0.15, -0.1) is 0 Å². The molecule has 0 aliphatic heterocycles. The molecule has 0 fully saturated rings. The monoisotopic (exact) mass is 174 g/mol. The average Bonchev–Trinajstić information content (AvgIpc) is 2.03. The molecule has 3 nitrogen and oxygen atoms in total. The molecule has 1 aromatic carbocycles. The van der Waals surface area contributed by atoms with Gasteiger partial charge in [-0.05, 0) is 31.0 Å². The van der Waals surface area contributed by atoms with Crippen LogP contribution in [-0.4, -0.2) is 5.91 Å². The molecule has 1 rings (SSSR count). The molecule has 0 radical (unpaired) electrons. The first kappa shape index (κ1) is 9.27. The van der Waals surface area contributed by atoms with E-state index in [4.69, 9.17) is 11.0 Å². The van der Waals surface area contributed by atoms with Crippen LogP contribution in [-0.2, 0) is 0 Å². The van der Waals surface area contributed by atoms with Crippen molar-refractivity contribution in [3.05, 3.63) is 34.4 Å². The fourth-order valence-electron chi connectivity index (χ4n) is 1.24. The summed E-state index contributed by atoms with van der Waals surface area (Å²) < 4.78 is 0. The van der Waals surface area contributed by atoms with E-state index in [1.54, 1.807) is 13.0 Å². The van der Waals surface area contributed by atoms with Crippen molar-refractivity contribution in [2.75, 3.05) is 0 Å². The van der Waals surface area contributed by atoms with Crippen LogP contribution in [0.2, 0.25) is 0 Å². The van der Waals surface area contributed by atoms with Crippen LogP contribution in [0.4, 0.5) is 0 Å². The second-order valence-electron chi connectivity index (χ2n) is 2.96. The second kappa shape index (κ2) is 3.28. The van der Waals surface area contributed by atoms with E-state index in [0.717, 1.165) is 11.1 Å². The summed E-state index contributed by atoms with van der Waals surface area (Å²) in [5.41, 5.74) is 7.73.